The van der Waals surface area contributed by atoms with Gasteiger partial charge in [-0.3, -0.25) is 4.99 Å². The van der Waals surface area contributed by atoms with Crippen LogP contribution in [0.1, 0.15) is 11.1 Å². The van der Waals surface area contributed by atoms with Crippen LogP contribution < -0.4 is 24.8 Å². The summed E-state index contributed by atoms with van der Waals surface area (Å²) in [5, 5.41) is 6.62. The van der Waals surface area contributed by atoms with E-state index in [1.807, 2.05) is 36.4 Å². The number of para-hydroxylation sites is 1. The van der Waals surface area contributed by atoms with Crippen LogP contribution in [0.5, 0.6) is 17.2 Å². The highest BCUT2D eigenvalue weighted by atomic mass is 127. The van der Waals surface area contributed by atoms with Crippen molar-refractivity contribution in [3.8, 4) is 17.2 Å². The molecule has 2 aromatic rings. The number of rotatable bonds is 6. The Morgan fingerprint density at radius 1 is 1.12 bits per heavy atom. The molecule has 0 spiro atoms. The molecule has 0 unspecified atom stereocenters. The van der Waals surface area contributed by atoms with Gasteiger partial charge in [-0.1, -0.05) is 24.3 Å². The van der Waals surface area contributed by atoms with Crippen LogP contribution in [-0.2, 0) is 13.0 Å². The molecule has 1 heterocycles. The normalized spacial score (nSPS) is 12.3. The van der Waals surface area contributed by atoms with Gasteiger partial charge in [-0.25, -0.2) is 0 Å². The molecule has 2 aromatic carbocycles. The van der Waals surface area contributed by atoms with Gasteiger partial charge >= 0.3 is 0 Å². The summed E-state index contributed by atoms with van der Waals surface area (Å²) in [6, 6.07) is 14.0. The number of nitrogens with zero attached hydrogens (tertiary/aromatic N) is 1. The van der Waals surface area contributed by atoms with Gasteiger partial charge in [0, 0.05) is 25.7 Å². The summed E-state index contributed by atoms with van der Waals surface area (Å²) in [5.41, 5.74) is 2.28. The van der Waals surface area contributed by atoms with Gasteiger partial charge in [-0.2, -0.15) is 0 Å². The molecular formula is C19H24IN3O3. The third-order valence-electron chi connectivity index (χ3n) is 4.01. The van der Waals surface area contributed by atoms with Gasteiger partial charge in [0.1, 0.15) is 5.75 Å². The summed E-state index contributed by atoms with van der Waals surface area (Å²) < 4.78 is 16.1. The summed E-state index contributed by atoms with van der Waals surface area (Å²) in [7, 11) is 3.44. The van der Waals surface area contributed by atoms with Gasteiger partial charge in [0.15, 0.2) is 17.5 Å². The Hall–Kier alpha value is -2.16. The third-order valence-corrected chi connectivity index (χ3v) is 4.01. The molecule has 0 atom stereocenters. The Balaban J connectivity index is 0.00000243. The molecule has 2 N–H and O–H groups in total. The zero-order valence-electron chi connectivity index (χ0n) is 15.0. The monoisotopic (exact) mass is 469 g/mol. The lowest BCUT2D eigenvalue weighted by molar-refractivity contribution is 0.174. The number of fused-ring (bicyclic) bond motifs is 1. The van der Waals surface area contributed by atoms with Crippen LogP contribution in [0, 0.1) is 0 Å². The summed E-state index contributed by atoms with van der Waals surface area (Å²) >= 11 is 0. The maximum absolute atomic E-state index is 5.41. The lowest BCUT2D eigenvalue weighted by Gasteiger charge is -2.13. The van der Waals surface area contributed by atoms with Gasteiger partial charge in [0.2, 0.25) is 6.79 Å². The molecule has 0 bridgehead atoms. The van der Waals surface area contributed by atoms with E-state index in [-0.39, 0.29) is 24.0 Å². The zero-order valence-corrected chi connectivity index (χ0v) is 17.3. The highest BCUT2D eigenvalue weighted by Crippen LogP contribution is 2.32. The Morgan fingerprint density at radius 3 is 2.73 bits per heavy atom. The minimum absolute atomic E-state index is 0. The van der Waals surface area contributed by atoms with Crippen molar-refractivity contribution in [1.29, 1.82) is 0 Å². The van der Waals surface area contributed by atoms with Crippen LogP contribution >= 0.6 is 24.0 Å². The largest absolute Gasteiger partial charge is 0.496 e. The SMILES string of the molecule is CN=C(NCCc1ccc2c(c1)OCO2)NCc1ccccc1OC.I. The molecule has 0 saturated heterocycles. The number of hydrogen-bond acceptors (Lipinski definition) is 4. The summed E-state index contributed by atoms with van der Waals surface area (Å²) in [6.07, 6.45) is 0.867. The van der Waals surface area contributed by atoms with E-state index in [2.05, 4.69) is 21.7 Å². The molecule has 26 heavy (non-hydrogen) atoms. The standard InChI is InChI=1S/C19H23N3O3.HI/c1-20-19(22-12-15-5-3-4-6-16(15)23-2)21-10-9-14-7-8-17-18(11-14)25-13-24-17;/h3-8,11H,9-10,12-13H2,1-2H3,(H2,20,21,22);1H. The van der Waals surface area contributed by atoms with Crippen molar-refractivity contribution in [2.45, 2.75) is 13.0 Å². The van der Waals surface area contributed by atoms with Crippen LogP contribution in [0.3, 0.4) is 0 Å². The van der Waals surface area contributed by atoms with E-state index in [4.69, 9.17) is 14.2 Å². The second-order valence-corrected chi connectivity index (χ2v) is 5.60. The first-order valence-corrected chi connectivity index (χ1v) is 8.25. The Morgan fingerprint density at radius 2 is 1.92 bits per heavy atom. The van der Waals surface area contributed by atoms with Crippen LogP contribution in [0.15, 0.2) is 47.5 Å². The van der Waals surface area contributed by atoms with E-state index < -0.39 is 0 Å². The maximum Gasteiger partial charge on any atom is 0.231 e. The molecule has 1 aliphatic rings. The molecule has 6 nitrogen and oxygen atoms in total. The molecule has 140 valence electrons. The fraction of sp³-hybridized carbons (Fsp3) is 0.316. The van der Waals surface area contributed by atoms with E-state index in [0.29, 0.717) is 13.3 Å². The predicted octanol–water partition coefficient (Wildman–Crippen LogP) is 2.95. The van der Waals surface area contributed by atoms with Crippen molar-refractivity contribution in [2.24, 2.45) is 4.99 Å². The number of benzene rings is 2. The van der Waals surface area contributed by atoms with Gasteiger partial charge in [0.25, 0.3) is 0 Å². The first-order chi connectivity index (χ1) is 12.3. The first-order valence-electron chi connectivity index (χ1n) is 8.25. The van der Waals surface area contributed by atoms with Crippen molar-refractivity contribution in [3.05, 3.63) is 53.6 Å². The topological polar surface area (TPSA) is 64.1 Å². The molecule has 1 aliphatic heterocycles. The summed E-state index contributed by atoms with van der Waals surface area (Å²) in [4.78, 5) is 4.26. The average Bonchev–Trinajstić information content (AvgIpc) is 3.12. The van der Waals surface area contributed by atoms with Crippen LogP contribution in [-0.4, -0.2) is 33.5 Å². The van der Waals surface area contributed by atoms with E-state index in [1.165, 1.54) is 5.56 Å². The van der Waals surface area contributed by atoms with Crippen molar-refractivity contribution in [3.63, 3.8) is 0 Å². The molecule has 0 radical (unpaired) electrons. The highest BCUT2D eigenvalue weighted by molar-refractivity contribution is 14.0. The Labute approximate surface area is 171 Å². The van der Waals surface area contributed by atoms with E-state index in [1.54, 1.807) is 14.2 Å². The minimum atomic E-state index is 0. The van der Waals surface area contributed by atoms with Crippen LogP contribution in [0.25, 0.3) is 0 Å². The maximum atomic E-state index is 5.41. The number of nitrogens with one attached hydrogen (secondary N) is 2. The molecule has 7 heteroatoms. The van der Waals surface area contributed by atoms with E-state index in [9.17, 15) is 0 Å². The molecule has 0 saturated carbocycles. The van der Waals surface area contributed by atoms with Gasteiger partial charge in [-0.15, -0.1) is 24.0 Å². The van der Waals surface area contributed by atoms with Crippen LogP contribution in [0.4, 0.5) is 0 Å². The zero-order chi connectivity index (χ0) is 17.5. The second kappa shape index (κ2) is 10.1. The average molecular weight is 469 g/mol. The van der Waals surface area contributed by atoms with Gasteiger partial charge in [-0.05, 0) is 30.2 Å². The molecule has 0 fully saturated rings. The van der Waals surface area contributed by atoms with Crippen molar-refractivity contribution in [1.82, 2.24) is 10.6 Å². The summed E-state index contributed by atoms with van der Waals surface area (Å²) in [6.45, 7) is 1.72. The number of ether oxygens (including phenoxy) is 3. The van der Waals surface area contributed by atoms with Crippen LogP contribution in [0.2, 0.25) is 0 Å². The lowest BCUT2D eigenvalue weighted by atomic mass is 10.1. The lowest BCUT2D eigenvalue weighted by Crippen LogP contribution is -2.37. The Bertz CT molecular complexity index is 753. The molecule has 0 amide bonds. The third kappa shape index (κ3) is 5.17. The highest BCUT2D eigenvalue weighted by Gasteiger charge is 2.13. The van der Waals surface area contributed by atoms with Crippen molar-refractivity contribution >= 4 is 29.9 Å². The fourth-order valence-corrected chi connectivity index (χ4v) is 2.67. The number of hydrogen-bond donors (Lipinski definition) is 2. The smallest absolute Gasteiger partial charge is 0.231 e. The van der Waals surface area contributed by atoms with E-state index in [0.717, 1.165) is 41.7 Å². The molecule has 0 aromatic heterocycles. The minimum Gasteiger partial charge on any atom is -0.496 e. The quantitative estimate of drug-likeness (QED) is 0.387. The second-order valence-electron chi connectivity index (χ2n) is 5.60. The molecule has 0 aliphatic carbocycles. The number of guanidine groups is 1. The Kier molecular flexibility index (Phi) is 7.83. The number of aliphatic imine (C=N–C) groups is 1. The summed E-state index contributed by atoms with van der Waals surface area (Å²) in [5.74, 6) is 3.25. The van der Waals surface area contributed by atoms with Gasteiger partial charge < -0.3 is 24.8 Å². The first kappa shape index (κ1) is 20.2. The molecular weight excluding hydrogens is 445 g/mol. The van der Waals surface area contributed by atoms with Crippen molar-refractivity contribution in [2.75, 3.05) is 27.5 Å². The number of halogens is 1. The van der Waals surface area contributed by atoms with Crippen molar-refractivity contribution < 1.29 is 14.2 Å². The molecule has 3 rings (SSSR count). The van der Waals surface area contributed by atoms with Gasteiger partial charge in [0.05, 0.1) is 7.11 Å². The number of methoxy groups -OCH3 is 1. The predicted molar refractivity (Wildman–Crippen MR) is 113 cm³/mol. The fourth-order valence-electron chi connectivity index (χ4n) is 2.67. The van der Waals surface area contributed by atoms with E-state index >= 15 is 0 Å².